The van der Waals surface area contributed by atoms with Crippen molar-refractivity contribution in [3.63, 3.8) is 0 Å². The number of morpholine rings is 1. The van der Waals surface area contributed by atoms with E-state index in [1.807, 2.05) is 23.3 Å². The smallest absolute Gasteiger partial charge is 0.239 e. The van der Waals surface area contributed by atoms with E-state index in [1.165, 1.54) is 27.1 Å². The highest BCUT2D eigenvalue weighted by Crippen LogP contribution is 2.40. The fourth-order valence-electron chi connectivity index (χ4n) is 4.39. The van der Waals surface area contributed by atoms with E-state index in [0.717, 1.165) is 74.5 Å². The molecule has 2 aliphatic rings. The lowest BCUT2D eigenvalue weighted by Gasteiger charge is -2.24. The Kier molecular flexibility index (Phi) is 6.85. The van der Waals surface area contributed by atoms with Crippen molar-refractivity contribution in [3.8, 4) is 0 Å². The number of aryl methyl sites for hydroxylation is 1. The molecule has 2 N–H and O–H groups in total. The summed E-state index contributed by atoms with van der Waals surface area (Å²) < 4.78 is 5.50. The van der Waals surface area contributed by atoms with Crippen LogP contribution in [-0.2, 0) is 28.9 Å². The number of quaternary nitrogens is 1. The third-order valence-corrected chi connectivity index (χ3v) is 7.25. The number of nitrogens with one attached hydrogen (secondary N) is 2. The standard InChI is InChI=1S/C22H33N5O2S/c1-4-7-23-19(28)14-26(3)21-20-16-6-5-15(2)12-17(16)30-22(20)25-18(24-21)13-27-8-10-29-11-9-27/h15H,4-14H2,1-3H3,(H,23,28)/p+1/t15-/m1/s1. The Morgan fingerprint density at radius 1 is 1.33 bits per heavy atom. The van der Waals surface area contributed by atoms with E-state index < -0.39 is 0 Å². The first-order valence-corrected chi connectivity index (χ1v) is 12.1. The van der Waals surface area contributed by atoms with Gasteiger partial charge in [-0.1, -0.05) is 13.8 Å². The predicted octanol–water partition coefficient (Wildman–Crippen LogP) is 1.19. The summed E-state index contributed by atoms with van der Waals surface area (Å²) in [5, 5.41) is 4.16. The third-order valence-electron chi connectivity index (χ3n) is 6.10. The van der Waals surface area contributed by atoms with Gasteiger partial charge in [-0.2, -0.15) is 0 Å². The average Bonchev–Trinajstić information content (AvgIpc) is 3.09. The van der Waals surface area contributed by atoms with Gasteiger partial charge in [-0.15, -0.1) is 11.3 Å². The SMILES string of the molecule is CCCNC(=O)CN(C)c1nc(C[NH+]2CCOCC2)nc2sc3c(c12)CC[C@@H](C)C3. The van der Waals surface area contributed by atoms with Gasteiger partial charge in [0.25, 0.3) is 0 Å². The van der Waals surface area contributed by atoms with Crippen LogP contribution in [0.25, 0.3) is 10.2 Å². The largest absolute Gasteiger partial charge is 0.370 e. The predicted molar refractivity (Wildman–Crippen MR) is 120 cm³/mol. The van der Waals surface area contributed by atoms with Gasteiger partial charge in [0.2, 0.25) is 5.91 Å². The molecule has 2 aromatic heterocycles. The molecule has 0 radical (unpaired) electrons. The van der Waals surface area contributed by atoms with Crippen molar-refractivity contribution in [3.05, 3.63) is 16.3 Å². The van der Waals surface area contributed by atoms with Crippen LogP contribution in [0.5, 0.6) is 0 Å². The number of fused-ring (bicyclic) bond motifs is 3. The average molecular weight is 433 g/mol. The molecule has 0 bridgehead atoms. The molecule has 164 valence electrons. The van der Waals surface area contributed by atoms with Crippen molar-refractivity contribution in [2.75, 3.05) is 51.3 Å². The molecule has 3 heterocycles. The molecule has 1 amide bonds. The number of likely N-dealkylation sites (N-methyl/N-ethyl adjacent to an activating group) is 1. The van der Waals surface area contributed by atoms with Crippen LogP contribution < -0.4 is 15.1 Å². The molecular formula is C22H34N5O2S+. The van der Waals surface area contributed by atoms with Crippen molar-refractivity contribution >= 4 is 33.3 Å². The first-order valence-electron chi connectivity index (χ1n) is 11.3. The summed E-state index contributed by atoms with van der Waals surface area (Å²) in [6.45, 7) is 9.81. The summed E-state index contributed by atoms with van der Waals surface area (Å²) in [5.74, 6) is 2.56. The lowest BCUT2D eigenvalue weighted by Crippen LogP contribution is -3.12. The molecule has 30 heavy (non-hydrogen) atoms. The van der Waals surface area contributed by atoms with E-state index in [4.69, 9.17) is 14.7 Å². The maximum absolute atomic E-state index is 12.4. The number of anilines is 1. The van der Waals surface area contributed by atoms with Gasteiger partial charge in [-0.3, -0.25) is 4.79 Å². The summed E-state index contributed by atoms with van der Waals surface area (Å²) >= 11 is 1.83. The zero-order valence-corrected chi connectivity index (χ0v) is 19.2. The molecule has 8 heteroatoms. The van der Waals surface area contributed by atoms with Crippen molar-refractivity contribution < 1.29 is 14.4 Å². The highest BCUT2D eigenvalue weighted by atomic mass is 32.1. The Hall–Kier alpha value is -1.77. The van der Waals surface area contributed by atoms with Crippen LogP contribution >= 0.6 is 11.3 Å². The summed E-state index contributed by atoms with van der Waals surface area (Å²) in [5.41, 5.74) is 1.41. The summed E-state index contributed by atoms with van der Waals surface area (Å²) in [4.78, 5) is 28.4. The molecular weight excluding hydrogens is 398 g/mol. The van der Waals surface area contributed by atoms with E-state index in [9.17, 15) is 4.79 Å². The molecule has 1 fully saturated rings. The minimum Gasteiger partial charge on any atom is -0.370 e. The minimum absolute atomic E-state index is 0.0455. The van der Waals surface area contributed by atoms with E-state index >= 15 is 0 Å². The zero-order valence-electron chi connectivity index (χ0n) is 18.4. The van der Waals surface area contributed by atoms with Gasteiger partial charge in [-0.25, -0.2) is 9.97 Å². The Morgan fingerprint density at radius 2 is 2.13 bits per heavy atom. The molecule has 1 atom stereocenters. The fourth-order valence-corrected chi connectivity index (χ4v) is 5.79. The number of hydrogen-bond donors (Lipinski definition) is 2. The van der Waals surface area contributed by atoms with Gasteiger partial charge in [0.05, 0.1) is 25.1 Å². The number of nitrogens with zero attached hydrogens (tertiary/aromatic N) is 3. The van der Waals surface area contributed by atoms with Crippen molar-refractivity contribution in [2.45, 2.75) is 46.1 Å². The van der Waals surface area contributed by atoms with Crippen LogP contribution in [0.4, 0.5) is 5.82 Å². The van der Waals surface area contributed by atoms with E-state index in [-0.39, 0.29) is 5.91 Å². The van der Waals surface area contributed by atoms with Crippen LogP contribution in [0, 0.1) is 5.92 Å². The third kappa shape index (κ3) is 4.76. The monoisotopic (exact) mass is 432 g/mol. The quantitative estimate of drug-likeness (QED) is 0.688. The van der Waals surface area contributed by atoms with E-state index in [0.29, 0.717) is 13.1 Å². The van der Waals surface area contributed by atoms with Gasteiger partial charge in [0.1, 0.15) is 30.3 Å². The lowest BCUT2D eigenvalue weighted by molar-refractivity contribution is -0.922. The van der Waals surface area contributed by atoms with Gasteiger partial charge < -0.3 is 19.9 Å². The number of ether oxygens (including phenoxy) is 1. The molecule has 2 aromatic rings. The first-order chi connectivity index (χ1) is 14.5. The summed E-state index contributed by atoms with van der Waals surface area (Å²) in [6, 6.07) is 0. The Balaban J connectivity index is 1.67. The first kappa shape index (κ1) is 21.5. The second kappa shape index (κ2) is 9.58. The maximum Gasteiger partial charge on any atom is 0.239 e. The number of aromatic nitrogens is 2. The second-order valence-electron chi connectivity index (χ2n) is 8.74. The maximum atomic E-state index is 12.4. The van der Waals surface area contributed by atoms with Crippen LogP contribution in [0.15, 0.2) is 0 Å². The second-order valence-corrected chi connectivity index (χ2v) is 9.82. The molecule has 0 spiro atoms. The van der Waals surface area contributed by atoms with Crippen LogP contribution in [0.1, 0.15) is 43.0 Å². The molecule has 1 aliphatic heterocycles. The molecule has 7 nitrogen and oxygen atoms in total. The lowest BCUT2D eigenvalue weighted by atomic mass is 9.89. The van der Waals surface area contributed by atoms with Crippen LogP contribution in [0.3, 0.4) is 0 Å². The molecule has 1 aliphatic carbocycles. The Labute approximate surface area is 182 Å². The van der Waals surface area contributed by atoms with E-state index in [1.54, 1.807) is 0 Å². The molecule has 0 unspecified atom stereocenters. The minimum atomic E-state index is 0.0455. The highest BCUT2D eigenvalue weighted by Gasteiger charge is 2.26. The Bertz CT molecular complexity index is 893. The van der Waals surface area contributed by atoms with Crippen molar-refractivity contribution in [1.82, 2.24) is 15.3 Å². The highest BCUT2D eigenvalue weighted by molar-refractivity contribution is 7.19. The number of carbonyl (C=O) groups excluding carboxylic acids is 1. The normalized spacial score (nSPS) is 19.6. The number of carbonyl (C=O) groups is 1. The molecule has 0 aromatic carbocycles. The number of thiophene rings is 1. The van der Waals surface area contributed by atoms with Crippen molar-refractivity contribution in [2.24, 2.45) is 5.92 Å². The van der Waals surface area contributed by atoms with E-state index in [2.05, 4.69) is 19.2 Å². The summed E-state index contributed by atoms with van der Waals surface area (Å²) in [6.07, 6.45) is 4.35. The van der Waals surface area contributed by atoms with Gasteiger partial charge >= 0.3 is 0 Å². The molecule has 1 saturated heterocycles. The van der Waals surface area contributed by atoms with Crippen LogP contribution in [0.2, 0.25) is 0 Å². The Morgan fingerprint density at radius 3 is 2.90 bits per heavy atom. The van der Waals surface area contributed by atoms with Crippen LogP contribution in [-0.4, -0.2) is 62.3 Å². The summed E-state index contributed by atoms with van der Waals surface area (Å²) in [7, 11) is 1.98. The molecule has 4 rings (SSSR count). The molecule has 0 saturated carbocycles. The number of amides is 1. The number of rotatable bonds is 7. The van der Waals surface area contributed by atoms with Gasteiger partial charge in [0, 0.05) is 18.5 Å². The zero-order chi connectivity index (χ0) is 21.1. The van der Waals surface area contributed by atoms with Gasteiger partial charge in [-0.05, 0) is 37.2 Å². The van der Waals surface area contributed by atoms with Gasteiger partial charge in [0.15, 0.2) is 5.82 Å². The topological polar surface area (TPSA) is 71.8 Å². The fraction of sp³-hybridized carbons (Fsp3) is 0.682. The number of hydrogen-bond acceptors (Lipinski definition) is 6. The van der Waals surface area contributed by atoms with Crippen molar-refractivity contribution in [1.29, 1.82) is 0 Å².